The summed E-state index contributed by atoms with van der Waals surface area (Å²) in [5, 5.41) is 4.69. The third-order valence-corrected chi connectivity index (χ3v) is 5.70. The average molecular weight is 356 g/mol. The second kappa shape index (κ2) is 6.84. The van der Waals surface area contributed by atoms with Crippen molar-refractivity contribution in [1.82, 2.24) is 9.88 Å². The minimum atomic E-state index is -0.144. The molecule has 0 unspecified atom stereocenters. The van der Waals surface area contributed by atoms with E-state index < -0.39 is 0 Å². The number of carbonyl (C=O) groups excluding carboxylic acids is 2. The second-order valence-electron chi connectivity index (χ2n) is 6.40. The van der Waals surface area contributed by atoms with Crippen molar-refractivity contribution in [2.24, 2.45) is 0 Å². The highest BCUT2D eigenvalue weighted by atomic mass is 32.1. The van der Waals surface area contributed by atoms with Gasteiger partial charge in [-0.05, 0) is 36.4 Å². The number of aromatic nitrogens is 1. The Bertz CT molecular complexity index is 754. The number of hydrogen-bond donors (Lipinski definition) is 1. The minimum absolute atomic E-state index is 0.0507. The van der Waals surface area contributed by atoms with Crippen LogP contribution in [0.15, 0.2) is 35.8 Å². The minimum Gasteiger partial charge on any atom is -0.320 e. The summed E-state index contributed by atoms with van der Waals surface area (Å²) in [6, 6.07) is 7.65. The summed E-state index contributed by atoms with van der Waals surface area (Å²) in [4.78, 5) is 33.5. The lowest BCUT2D eigenvalue weighted by Gasteiger charge is -2.23. The van der Waals surface area contributed by atoms with E-state index in [0.717, 1.165) is 19.4 Å². The summed E-state index contributed by atoms with van der Waals surface area (Å²) in [5.41, 5.74) is 0.626. The van der Waals surface area contributed by atoms with E-state index in [-0.39, 0.29) is 11.9 Å². The normalized spacial score (nSPS) is 18.2. The van der Waals surface area contributed by atoms with Crippen LogP contribution in [0.2, 0.25) is 0 Å². The molecule has 2 aromatic heterocycles. The van der Waals surface area contributed by atoms with Gasteiger partial charge in [0.2, 0.25) is 0 Å². The molecule has 0 radical (unpaired) electrons. The Morgan fingerprint density at radius 2 is 2.04 bits per heavy atom. The highest BCUT2D eigenvalue weighted by molar-refractivity contribution is 7.12. The average Bonchev–Trinajstić information content (AvgIpc) is 3.37. The van der Waals surface area contributed by atoms with Crippen LogP contribution >= 0.6 is 11.3 Å². The van der Waals surface area contributed by atoms with E-state index in [1.54, 1.807) is 29.3 Å². The lowest BCUT2D eigenvalue weighted by Crippen LogP contribution is -2.38. The number of amides is 3. The molecule has 0 bridgehead atoms. The fraction of sp³-hybridized carbons (Fsp3) is 0.389. The summed E-state index contributed by atoms with van der Waals surface area (Å²) in [6.45, 7) is 1.44. The van der Waals surface area contributed by atoms with Gasteiger partial charge in [-0.3, -0.25) is 9.69 Å². The SMILES string of the molecule is O=C(Nc1ccc(N2CCN(C3CCCC3)C2=O)nc1)c1cccs1. The summed E-state index contributed by atoms with van der Waals surface area (Å²) < 4.78 is 0. The number of nitrogens with one attached hydrogen (secondary N) is 1. The van der Waals surface area contributed by atoms with Gasteiger partial charge >= 0.3 is 6.03 Å². The third kappa shape index (κ3) is 3.24. The molecule has 6 nitrogen and oxygen atoms in total. The molecule has 0 aromatic carbocycles. The monoisotopic (exact) mass is 356 g/mol. The van der Waals surface area contributed by atoms with Crippen molar-refractivity contribution in [2.75, 3.05) is 23.3 Å². The molecule has 1 N–H and O–H groups in total. The number of thiophene rings is 1. The molecule has 7 heteroatoms. The topological polar surface area (TPSA) is 65.5 Å². The van der Waals surface area contributed by atoms with Crippen molar-refractivity contribution in [2.45, 2.75) is 31.7 Å². The van der Waals surface area contributed by atoms with E-state index >= 15 is 0 Å². The van der Waals surface area contributed by atoms with Crippen LogP contribution in [0, 0.1) is 0 Å². The van der Waals surface area contributed by atoms with Gasteiger partial charge in [0, 0.05) is 19.1 Å². The molecule has 1 saturated heterocycles. The largest absolute Gasteiger partial charge is 0.326 e. The molecule has 1 saturated carbocycles. The number of hydrogen-bond acceptors (Lipinski definition) is 4. The molecule has 3 heterocycles. The maximum Gasteiger partial charge on any atom is 0.326 e. The highest BCUT2D eigenvalue weighted by Crippen LogP contribution is 2.28. The molecule has 2 aromatic rings. The van der Waals surface area contributed by atoms with Crippen molar-refractivity contribution < 1.29 is 9.59 Å². The van der Waals surface area contributed by atoms with E-state index in [9.17, 15) is 9.59 Å². The molecule has 2 aliphatic rings. The van der Waals surface area contributed by atoms with Crippen LogP contribution in [0.25, 0.3) is 0 Å². The molecule has 130 valence electrons. The predicted molar refractivity (Wildman–Crippen MR) is 98.2 cm³/mol. The van der Waals surface area contributed by atoms with Gasteiger partial charge in [0.1, 0.15) is 5.82 Å². The van der Waals surface area contributed by atoms with Gasteiger partial charge in [-0.15, -0.1) is 11.3 Å². The first-order valence-corrected chi connectivity index (χ1v) is 9.49. The highest BCUT2D eigenvalue weighted by Gasteiger charge is 2.36. The van der Waals surface area contributed by atoms with Crippen molar-refractivity contribution in [3.05, 3.63) is 40.7 Å². The Morgan fingerprint density at radius 3 is 2.72 bits per heavy atom. The zero-order chi connectivity index (χ0) is 17.2. The molecule has 2 fully saturated rings. The summed E-state index contributed by atoms with van der Waals surface area (Å²) in [7, 11) is 0. The van der Waals surface area contributed by atoms with E-state index in [0.29, 0.717) is 29.0 Å². The number of carbonyl (C=O) groups is 2. The maximum absolute atomic E-state index is 12.7. The van der Waals surface area contributed by atoms with Gasteiger partial charge in [-0.25, -0.2) is 9.78 Å². The number of urea groups is 1. The summed E-state index contributed by atoms with van der Waals surface area (Å²) in [6.07, 6.45) is 6.25. The first-order valence-electron chi connectivity index (χ1n) is 8.61. The predicted octanol–water partition coefficient (Wildman–Crippen LogP) is 3.58. The molecule has 25 heavy (non-hydrogen) atoms. The van der Waals surface area contributed by atoms with Crippen LogP contribution in [0.1, 0.15) is 35.4 Å². The number of anilines is 2. The first-order chi connectivity index (χ1) is 12.2. The Balaban J connectivity index is 1.42. The van der Waals surface area contributed by atoms with Gasteiger partial charge in [-0.2, -0.15) is 0 Å². The van der Waals surface area contributed by atoms with E-state index in [4.69, 9.17) is 0 Å². The lowest BCUT2D eigenvalue weighted by atomic mass is 10.2. The van der Waals surface area contributed by atoms with Gasteiger partial charge in [-0.1, -0.05) is 18.9 Å². The fourth-order valence-corrected chi connectivity index (χ4v) is 4.16. The quantitative estimate of drug-likeness (QED) is 0.910. The van der Waals surface area contributed by atoms with Crippen molar-refractivity contribution in [3.8, 4) is 0 Å². The van der Waals surface area contributed by atoms with E-state index in [1.807, 2.05) is 16.3 Å². The maximum atomic E-state index is 12.7. The number of pyridine rings is 1. The molecular weight excluding hydrogens is 336 g/mol. The molecule has 4 rings (SSSR count). The number of rotatable bonds is 4. The molecule has 0 spiro atoms. The molecule has 3 amide bonds. The zero-order valence-corrected chi connectivity index (χ0v) is 14.7. The van der Waals surface area contributed by atoms with Crippen molar-refractivity contribution in [1.29, 1.82) is 0 Å². The lowest BCUT2D eigenvalue weighted by molar-refractivity contribution is 0.103. The molecule has 1 aliphatic heterocycles. The second-order valence-corrected chi connectivity index (χ2v) is 7.35. The fourth-order valence-electron chi connectivity index (χ4n) is 3.54. The van der Waals surface area contributed by atoms with Crippen molar-refractivity contribution >= 4 is 34.8 Å². The Hall–Kier alpha value is -2.41. The van der Waals surface area contributed by atoms with Gasteiger partial charge in [0.15, 0.2) is 0 Å². The molecule has 0 atom stereocenters. The van der Waals surface area contributed by atoms with Crippen LogP contribution in [0.3, 0.4) is 0 Å². The van der Waals surface area contributed by atoms with E-state index in [2.05, 4.69) is 10.3 Å². The van der Waals surface area contributed by atoms with Crippen LogP contribution in [0.4, 0.5) is 16.3 Å². The standard InChI is InChI=1S/C18H20N4O2S/c23-17(15-6-3-11-25-15)20-13-7-8-16(19-12-13)22-10-9-21(18(22)24)14-4-1-2-5-14/h3,6-8,11-12,14H,1-2,4-5,9-10H2,(H,20,23). The van der Waals surface area contributed by atoms with Gasteiger partial charge < -0.3 is 10.2 Å². The molecular formula is C18H20N4O2S. The van der Waals surface area contributed by atoms with Crippen LogP contribution < -0.4 is 10.2 Å². The van der Waals surface area contributed by atoms with Crippen LogP contribution in [0.5, 0.6) is 0 Å². The van der Waals surface area contributed by atoms with Crippen LogP contribution in [-0.2, 0) is 0 Å². The summed E-state index contributed by atoms with van der Waals surface area (Å²) >= 11 is 1.40. The van der Waals surface area contributed by atoms with Gasteiger partial charge in [0.25, 0.3) is 5.91 Å². The zero-order valence-electron chi connectivity index (χ0n) is 13.9. The smallest absolute Gasteiger partial charge is 0.320 e. The molecule has 1 aliphatic carbocycles. The number of nitrogens with zero attached hydrogens (tertiary/aromatic N) is 3. The van der Waals surface area contributed by atoms with E-state index in [1.165, 1.54) is 24.2 Å². The van der Waals surface area contributed by atoms with Gasteiger partial charge in [0.05, 0.1) is 16.8 Å². The third-order valence-electron chi connectivity index (χ3n) is 4.83. The summed E-state index contributed by atoms with van der Waals surface area (Å²) in [5.74, 6) is 0.494. The Morgan fingerprint density at radius 1 is 1.20 bits per heavy atom. The van der Waals surface area contributed by atoms with Crippen LogP contribution in [-0.4, -0.2) is 41.0 Å². The van der Waals surface area contributed by atoms with Crippen molar-refractivity contribution in [3.63, 3.8) is 0 Å². The first kappa shape index (κ1) is 16.1. The Labute approximate surface area is 150 Å². The Kier molecular flexibility index (Phi) is 4.40.